The molecule has 3 aromatic rings. The van der Waals surface area contributed by atoms with E-state index < -0.39 is 18.0 Å². The number of nitrogens with zero attached hydrogens (tertiary/aromatic N) is 5. The molecule has 3 fully saturated rings. The summed E-state index contributed by atoms with van der Waals surface area (Å²) in [6, 6.07) is 4.22. The molecule has 1 amide bonds. The molecule has 36 heavy (non-hydrogen) atoms. The lowest BCUT2D eigenvalue weighted by molar-refractivity contribution is 0.0988. The molecule has 2 aliphatic heterocycles. The normalized spacial score (nSPS) is 25.8. The largest absolute Gasteiger partial charge is 0.374 e. The van der Waals surface area contributed by atoms with Crippen LogP contribution in [-0.2, 0) is 4.74 Å². The lowest BCUT2D eigenvalue weighted by Crippen LogP contribution is -2.37. The molecular weight excluding hydrogens is 486 g/mol. The number of pyridine rings is 1. The lowest BCUT2D eigenvalue weighted by atomic mass is 9.83. The van der Waals surface area contributed by atoms with Gasteiger partial charge in [-0.2, -0.15) is 9.47 Å². The number of halogens is 2. The van der Waals surface area contributed by atoms with E-state index in [4.69, 9.17) is 9.72 Å². The van der Waals surface area contributed by atoms with Gasteiger partial charge in [0.2, 0.25) is 0 Å². The van der Waals surface area contributed by atoms with Crippen molar-refractivity contribution in [2.24, 2.45) is 5.92 Å². The van der Waals surface area contributed by atoms with Gasteiger partial charge in [0, 0.05) is 12.7 Å². The summed E-state index contributed by atoms with van der Waals surface area (Å²) in [5, 5.41) is 6.85. The van der Waals surface area contributed by atoms with E-state index >= 15 is 0 Å². The molecule has 6 rings (SSSR count). The Labute approximate surface area is 212 Å². The molecule has 2 saturated heterocycles. The Balaban J connectivity index is 1.22. The zero-order chi connectivity index (χ0) is 24.8. The van der Waals surface area contributed by atoms with Crippen molar-refractivity contribution in [1.82, 2.24) is 19.1 Å². The number of hydrogen-bond donors (Lipinski definition) is 1. The van der Waals surface area contributed by atoms with Crippen LogP contribution in [0.25, 0.3) is 10.2 Å². The lowest BCUT2D eigenvalue weighted by Gasteiger charge is -2.28. The van der Waals surface area contributed by atoms with Crippen LogP contribution in [0.15, 0.2) is 18.3 Å². The summed E-state index contributed by atoms with van der Waals surface area (Å²) in [4.78, 5) is 20.2. The molecule has 2 bridgehead atoms. The van der Waals surface area contributed by atoms with Gasteiger partial charge in [-0.05, 0) is 61.7 Å². The number of fused-ring (bicyclic) bond motifs is 3. The number of aromatic nitrogens is 4. The van der Waals surface area contributed by atoms with E-state index in [9.17, 15) is 13.6 Å². The van der Waals surface area contributed by atoms with E-state index in [2.05, 4.69) is 26.6 Å². The highest BCUT2D eigenvalue weighted by Crippen LogP contribution is 2.37. The van der Waals surface area contributed by atoms with E-state index in [0.29, 0.717) is 24.1 Å². The highest BCUT2D eigenvalue weighted by molar-refractivity contribution is 7.13. The second-order valence-electron chi connectivity index (χ2n) is 10.2. The zero-order valence-corrected chi connectivity index (χ0v) is 21.0. The third kappa shape index (κ3) is 4.36. The van der Waals surface area contributed by atoms with Crippen LogP contribution >= 0.6 is 11.5 Å². The smallest absolute Gasteiger partial charge is 0.284 e. The van der Waals surface area contributed by atoms with Crippen molar-refractivity contribution in [3.63, 3.8) is 0 Å². The molecule has 3 aromatic heterocycles. The molecule has 8 nitrogen and oxygen atoms in total. The molecular formula is C25H30F2N6O2S. The summed E-state index contributed by atoms with van der Waals surface area (Å²) < 4.78 is 40.1. The minimum Gasteiger partial charge on any atom is -0.374 e. The molecule has 0 spiro atoms. The molecule has 0 radical (unpaired) electrons. The molecule has 1 N–H and O–H groups in total. The van der Waals surface area contributed by atoms with Crippen LogP contribution in [-0.4, -0.2) is 50.3 Å². The van der Waals surface area contributed by atoms with Crippen molar-refractivity contribution in [3.05, 3.63) is 29.7 Å². The predicted molar refractivity (Wildman–Crippen MR) is 134 cm³/mol. The van der Waals surface area contributed by atoms with Gasteiger partial charge in [0.15, 0.2) is 11.4 Å². The molecule has 11 heteroatoms. The molecule has 0 aromatic carbocycles. The van der Waals surface area contributed by atoms with Gasteiger partial charge in [-0.1, -0.05) is 19.8 Å². The van der Waals surface area contributed by atoms with Crippen LogP contribution in [0.4, 0.5) is 20.3 Å². The zero-order valence-electron chi connectivity index (χ0n) is 20.2. The fourth-order valence-corrected chi connectivity index (χ4v) is 6.66. The molecule has 3 aliphatic rings. The van der Waals surface area contributed by atoms with Crippen molar-refractivity contribution in [1.29, 1.82) is 0 Å². The quantitative estimate of drug-likeness (QED) is 0.441. The van der Waals surface area contributed by atoms with Gasteiger partial charge >= 0.3 is 0 Å². The van der Waals surface area contributed by atoms with Crippen molar-refractivity contribution in [2.75, 3.05) is 23.4 Å². The maximum atomic E-state index is 13.8. The first kappa shape index (κ1) is 23.7. The summed E-state index contributed by atoms with van der Waals surface area (Å²) in [5.74, 6) is 0.937. The first-order chi connectivity index (χ1) is 17.5. The van der Waals surface area contributed by atoms with Crippen LogP contribution in [0.1, 0.15) is 80.5 Å². The van der Waals surface area contributed by atoms with Gasteiger partial charge < -0.3 is 15.0 Å². The van der Waals surface area contributed by atoms with Gasteiger partial charge in [0.1, 0.15) is 11.3 Å². The minimum atomic E-state index is -2.79. The molecule has 1 saturated carbocycles. The van der Waals surface area contributed by atoms with Crippen LogP contribution in [0.3, 0.4) is 0 Å². The molecule has 0 unspecified atom stereocenters. The van der Waals surface area contributed by atoms with Crippen LogP contribution < -0.4 is 10.2 Å². The number of carbonyl (C=O) groups is 1. The number of alkyl halides is 2. The Morgan fingerprint density at radius 1 is 1.25 bits per heavy atom. The van der Waals surface area contributed by atoms with Crippen molar-refractivity contribution >= 4 is 39.2 Å². The monoisotopic (exact) mass is 516 g/mol. The molecule has 5 heterocycles. The van der Waals surface area contributed by atoms with Gasteiger partial charge in [-0.25, -0.2) is 13.8 Å². The van der Waals surface area contributed by atoms with Gasteiger partial charge in [0.25, 0.3) is 12.3 Å². The van der Waals surface area contributed by atoms with Crippen molar-refractivity contribution < 1.29 is 18.3 Å². The number of amides is 1. The SMILES string of the molecule is CCCC1CCC(n2cc(NC(=O)c3nsc4ccc(N5C[C@@H]6C[C@H]5CO6)nc34)c(C(F)F)n2)CC1. The van der Waals surface area contributed by atoms with Crippen molar-refractivity contribution in [3.8, 4) is 0 Å². The summed E-state index contributed by atoms with van der Waals surface area (Å²) >= 11 is 1.18. The average molecular weight is 517 g/mol. The Morgan fingerprint density at radius 3 is 2.78 bits per heavy atom. The number of anilines is 2. The Kier molecular flexibility index (Phi) is 6.37. The summed E-state index contributed by atoms with van der Waals surface area (Å²) in [7, 11) is 0. The second-order valence-corrected chi connectivity index (χ2v) is 11.0. The van der Waals surface area contributed by atoms with E-state index in [1.807, 2.05) is 12.1 Å². The third-order valence-corrected chi connectivity index (χ3v) is 8.62. The summed E-state index contributed by atoms with van der Waals surface area (Å²) in [6.07, 6.45) is 6.32. The van der Waals surface area contributed by atoms with E-state index in [0.717, 1.165) is 55.6 Å². The van der Waals surface area contributed by atoms with Crippen molar-refractivity contribution in [2.45, 2.75) is 76.5 Å². The molecule has 1 aliphatic carbocycles. The maximum absolute atomic E-state index is 13.8. The van der Waals surface area contributed by atoms with Gasteiger partial charge in [-0.15, -0.1) is 0 Å². The number of ether oxygens (including phenoxy) is 1. The minimum absolute atomic E-state index is 0.0389. The predicted octanol–water partition coefficient (Wildman–Crippen LogP) is 5.59. The maximum Gasteiger partial charge on any atom is 0.284 e. The number of nitrogens with one attached hydrogen (secondary N) is 1. The van der Waals surface area contributed by atoms with E-state index in [-0.39, 0.29) is 23.5 Å². The number of morpholine rings is 1. The molecule has 2 atom stereocenters. The fraction of sp³-hybridized carbons (Fsp3) is 0.600. The Bertz CT molecular complexity index is 1250. The second kappa shape index (κ2) is 9.66. The molecule has 192 valence electrons. The first-order valence-corrected chi connectivity index (χ1v) is 13.6. The highest BCUT2D eigenvalue weighted by Gasteiger charge is 2.39. The van der Waals surface area contributed by atoms with Gasteiger partial charge in [0.05, 0.1) is 35.2 Å². The van der Waals surface area contributed by atoms with E-state index in [1.54, 1.807) is 10.9 Å². The number of carbonyl (C=O) groups excluding carboxylic acids is 1. The standard InChI is InChI=1S/C25H30F2N6O2S/c1-2-3-14-4-6-15(7-5-14)33-12-18(21(30-33)24(26)27)28-25(34)23-22-19(36-31-23)8-9-20(29-22)32-11-17-10-16(32)13-35-17/h8-9,12,14-17,24H,2-7,10-11,13H2,1H3,(H,28,34)/t14?,15?,16-,17-/m0/s1. The average Bonchev–Trinajstić information content (AvgIpc) is 3.67. The third-order valence-electron chi connectivity index (χ3n) is 7.82. The summed E-state index contributed by atoms with van der Waals surface area (Å²) in [5.41, 5.74) is 0.265. The topological polar surface area (TPSA) is 85.2 Å². The summed E-state index contributed by atoms with van der Waals surface area (Å²) in [6.45, 7) is 3.65. The number of rotatable bonds is 7. The number of hydrogen-bond acceptors (Lipinski definition) is 7. The van der Waals surface area contributed by atoms with E-state index in [1.165, 1.54) is 18.0 Å². The fourth-order valence-electron chi connectivity index (χ4n) is 5.94. The Morgan fingerprint density at radius 2 is 2.08 bits per heavy atom. The highest BCUT2D eigenvalue weighted by atomic mass is 32.1. The first-order valence-electron chi connectivity index (χ1n) is 12.8. The van der Waals surface area contributed by atoms with Crippen LogP contribution in [0.5, 0.6) is 0 Å². The van der Waals surface area contributed by atoms with Gasteiger partial charge in [-0.3, -0.25) is 9.48 Å². The van der Waals surface area contributed by atoms with Crippen LogP contribution in [0, 0.1) is 5.92 Å². The Hall–Kier alpha value is -2.66. The van der Waals surface area contributed by atoms with Crippen LogP contribution in [0.2, 0.25) is 0 Å².